The van der Waals surface area contributed by atoms with Crippen molar-refractivity contribution in [2.75, 3.05) is 5.32 Å². The van der Waals surface area contributed by atoms with Gasteiger partial charge >= 0.3 is 0 Å². The summed E-state index contributed by atoms with van der Waals surface area (Å²) in [7, 11) is 0. The molecule has 0 saturated carbocycles. The summed E-state index contributed by atoms with van der Waals surface area (Å²) in [4.78, 5) is 0. The standard InChI is InChI=1S/C10H17N3OS/c1-6-4-9(5-7(2)14-6)11-10-13-12-8(3)15-10/h6-7,9H,4-5H2,1-3H3,(H,11,13). The molecule has 0 radical (unpaired) electrons. The lowest BCUT2D eigenvalue weighted by atomic mass is 10.0. The van der Waals surface area contributed by atoms with E-state index in [-0.39, 0.29) is 0 Å². The summed E-state index contributed by atoms with van der Waals surface area (Å²) in [5, 5.41) is 13.4. The maximum Gasteiger partial charge on any atom is 0.205 e. The van der Waals surface area contributed by atoms with Crippen LogP contribution in [-0.2, 0) is 4.74 Å². The molecule has 0 aromatic carbocycles. The monoisotopic (exact) mass is 227 g/mol. The van der Waals surface area contributed by atoms with Crippen molar-refractivity contribution in [3.63, 3.8) is 0 Å². The zero-order valence-electron chi connectivity index (χ0n) is 9.36. The topological polar surface area (TPSA) is 47.0 Å². The number of nitrogens with zero attached hydrogens (tertiary/aromatic N) is 2. The van der Waals surface area contributed by atoms with E-state index in [2.05, 4.69) is 29.4 Å². The molecule has 2 atom stereocenters. The third-order valence-corrected chi connectivity index (χ3v) is 3.32. The highest BCUT2D eigenvalue weighted by Gasteiger charge is 2.24. The van der Waals surface area contributed by atoms with Gasteiger partial charge in [0.05, 0.1) is 12.2 Å². The third kappa shape index (κ3) is 2.89. The molecular formula is C10H17N3OS. The summed E-state index contributed by atoms with van der Waals surface area (Å²) < 4.78 is 5.69. The minimum absolute atomic E-state index is 0.334. The molecule has 1 fully saturated rings. The fourth-order valence-corrected chi connectivity index (χ4v) is 2.72. The number of anilines is 1. The van der Waals surface area contributed by atoms with Crippen LogP contribution in [-0.4, -0.2) is 28.4 Å². The van der Waals surface area contributed by atoms with Crippen LogP contribution in [0, 0.1) is 6.92 Å². The van der Waals surface area contributed by atoms with Crippen LogP contribution in [0.25, 0.3) is 0 Å². The first-order chi connectivity index (χ1) is 7.13. The van der Waals surface area contributed by atoms with E-state index in [1.807, 2.05) is 6.92 Å². The highest BCUT2D eigenvalue weighted by Crippen LogP contribution is 2.23. The summed E-state index contributed by atoms with van der Waals surface area (Å²) in [5.74, 6) is 0. The third-order valence-electron chi connectivity index (χ3n) is 2.55. The largest absolute Gasteiger partial charge is 0.375 e. The summed E-state index contributed by atoms with van der Waals surface area (Å²) >= 11 is 1.61. The summed E-state index contributed by atoms with van der Waals surface area (Å²) in [5.41, 5.74) is 0. The van der Waals surface area contributed by atoms with Gasteiger partial charge in [0, 0.05) is 6.04 Å². The van der Waals surface area contributed by atoms with Gasteiger partial charge in [0.15, 0.2) is 0 Å². The Bertz CT molecular complexity index is 318. The minimum atomic E-state index is 0.334. The predicted molar refractivity (Wildman–Crippen MR) is 61.3 cm³/mol. The van der Waals surface area contributed by atoms with Crippen molar-refractivity contribution < 1.29 is 4.74 Å². The predicted octanol–water partition coefficient (Wildman–Crippen LogP) is 2.21. The molecule has 2 heterocycles. The van der Waals surface area contributed by atoms with Crippen LogP contribution in [0.3, 0.4) is 0 Å². The number of hydrogen-bond donors (Lipinski definition) is 1. The first kappa shape index (κ1) is 10.8. The Morgan fingerprint density at radius 3 is 2.47 bits per heavy atom. The Morgan fingerprint density at radius 2 is 1.93 bits per heavy atom. The van der Waals surface area contributed by atoms with Crippen LogP contribution >= 0.6 is 11.3 Å². The molecule has 1 saturated heterocycles. The Balaban J connectivity index is 1.94. The second-order valence-corrected chi connectivity index (χ2v) is 5.38. The second kappa shape index (κ2) is 4.45. The summed E-state index contributed by atoms with van der Waals surface area (Å²) in [6.45, 7) is 6.21. The van der Waals surface area contributed by atoms with Gasteiger partial charge in [-0.2, -0.15) is 0 Å². The quantitative estimate of drug-likeness (QED) is 0.841. The van der Waals surface area contributed by atoms with Gasteiger partial charge in [0.1, 0.15) is 5.01 Å². The Morgan fingerprint density at radius 1 is 1.27 bits per heavy atom. The lowest BCUT2D eigenvalue weighted by Crippen LogP contribution is -2.36. The molecule has 1 aliphatic heterocycles. The van der Waals surface area contributed by atoms with Crippen LogP contribution in [0.4, 0.5) is 5.13 Å². The maximum atomic E-state index is 5.69. The fraction of sp³-hybridized carbons (Fsp3) is 0.800. The van der Waals surface area contributed by atoms with Crippen LogP contribution in [0.1, 0.15) is 31.7 Å². The minimum Gasteiger partial charge on any atom is -0.375 e. The zero-order chi connectivity index (χ0) is 10.8. The van der Waals surface area contributed by atoms with E-state index < -0.39 is 0 Å². The molecule has 4 nitrogen and oxygen atoms in total. The molecule has 0 bridgehead atoms. The lowest BCUT2D eigenvalue weighted by Gasteiger charge is -2.32. The number of nitrogens with one attached hydrogen (secondary N) is 1. The van der Waals surface area contributed by atoms with Crippen LogP contribution < -0.4 is 5.32 Å². The number of aryl methyl sites for hydroxylation is 1. The molecule has 1 N–H and O–H groups in total. The molecule has 1 aromatic rings. The number of aromatic nitrogens is 2. The van der Waals surface area contributed by atoms with Gasteiger partial charge in [-0.1, -0.05) is 11.3 Å². The van der Waals surface area contributed by atoms with Gasteiger partial charge in [-0.15, -0.1) is 10.2 Å². The van der Waals surface area contributed by atoms with E-state index in [1.54, 1.807) is 11.3 Å². The van der Waals surface area contributed by atoms with Gasteiger partial charge in [-0.25, -0.2) is 0 Å². The van der Waals surface area contributed by atoms with Gasteiger partial charge in [0.2, 0.25) is 5.13 Å². The van der Waals surface area contributed by atoms with E-state index >= 15 is 0 Å². The maximum absolute atomic E-state index is 5.69. The van der Waals surface area contributed by atoms with Crippen LogP contribution in [0.5, 0.6) is 0 Å². The smallest absolute Gasteiger partial charge is 0.205 e. The van der Waals surface area contributed by atoms with Gasteiger partial charge in [-0.3, -0.25) is 0 Å². The van der Waals surface area contributed by atoms with Crippen molar-refractivity contribution in [2.24, 2.45) is 0 Å². The zero-order valence-corrected chi connectivity index (χ0v) is 10.2. The van der Waals surface area contributed by atoms with Crippen molar-refractivity contribution in [1.82, 2.24) is 10.2 Å². The van der Waals surface area contributed by atoms with Crippen LogP contribution in [0.2, 0.25) is 0 Å². The molecular weight excluding hydrogens is 210 g/mol. The molecule has 0 aliphatic carbocycles. The highest BCUT2D eigenvalue weighted by atomic mass is 32.1. The highest BCUT2D eigenvalue weighted by molar-refractivity contribution is 7.15. The average Bonchev–Trinajstić information content (AvgIpc) is 2.49. The van der Waals surface area contributed by atoms with Gasteiger partial charge < -0.3 is 10.1 Å². The van der Waals surface area contributed by atoms with E-state index in [1.165, 1.54) is 0 Å². The number of ether oxygens (including phenoxy) is 1. The van der Waals surface area contributed by atoms with Crippen molar-refractivity contribution >= 4 is 16.5 Å². The number of hydrogen-bond acceptors (Lipinski definition) is 5. The van der Waals surface area contributed by atoms with Crippen molar-refractivity contribution in [1.29, 1.82) is 0 Å². The van der Waals surface area contributed by atoms with Gasteiger partial charge in [-0.05, 0) is 33.6 Å². The molecule has 1 aromatic heterocycles. The SMILES string of the molecule is Cc1nnc(NC2CC(C)OC(C)C2)s1. The molecule has 2 unspecified atom stereocenters. The molecule has 0 amide bonds. The first-order valence-corrected chi connectivity index (χ1v) is 6.17. The summed E-state index contributed by atoms with van der Waals surface area (Å²) in [6.07, 6.45) is 2.76. The molecule has 1 aliphatic rings. The van der Waals surface area contributed by atoms with E-state index in [0.717, 1.165) is 23.0 Å². The molecule has 0 spiro atoms. The number of rotatable bonds is 2. The molecule has 5 heteroatoms. The second-order valence-electron chi connectivity index (χ2n) is 4.20. The van der Waals surface area contributed by atoms with E-state index in [9.17, 15) is 0 Å². The summed E-state index contributed by atoms with van der Waals surface area (Å²) in [6, 6.07) is 0.469. The van der Waals surface area contributed by atoms with E-state index in [4.69, 9.17) is 4.74 Å². The molecule has 15 heavy (non-hydrogen) atoms. The lowest BCUT2D eigenvalue weighted by molar-refractivity contribution is -0.0337. The van der Waals surface area contributed by atoms with Gasteiger partial charge in [0.25, 0.3) is 0 Å². The Hall–Kier alpha value is -0.680. The Kier molecular flexibility index (Phi) is 3.21. The first-order valence-electron chi connectivity index (χ1n) is 5.35. The van der Waals surface area contributed by atoms with Crippen molar-refractivity contribution in [2.45, 2.75) is 51.9 Å². The van der Waals surface area contributed by atoms with Crippen LogP contribution in [0.15, 0.2) is 0 Å². The van der Waals surface area contributed by atoms with E-state index in [0.29, 0.717) is 18.2 Å². The molecule has 84 valence electrons. The fourth-order valence-electron chi connectivity index (χ4n) is 2.05. The Labute approximate surface area is 94.1 Å². The average molecular weight is 227 g/mol. The normalized spacial score (nSPS) is 31.5. The molecule has 2 rings (SSSR count). The van der Waals surface area contributed by atoms with Crippen molar-refractivity contribution in [3.05, 3.63) is 5.01 Å². The van der Waals surface area contributed by atoms with Crippen molar-refractivity contribution in [3.8, 4) is 0 Å².